The Morgan fingerprint density at radius 1 is 1.69 bits per heavy atom. The lowest BCUT2D eigenvalue weighted by Crippen LogP contribution is -2.30. The summed E-state index contributed by atoms with van der Waals surface area (Å²) in [5.41, 5.74) is 6.91. The van der Waals surface area contributed by atoms with Gasteiger partial charge in [-0.2, -0.15) is 0 Å². The molecular formula is C9H15N3S. The molecule has 0 aromatic carbocycles. The lowest BCUT2D eigenvalue weighted by atomic mass is 10.2. The first-order chi connectivity index (χ1) is 6.27. The van der Waals surface area contributed by atoms with Gasteiger partial charge in [0.2, 0.25) is 0 Å². The number of nitrogens with two attached hydrogens (primary N) is 1. The summed E-state index contributed by atoms with van der Waals surface area (Å²) in [5, 5.41) is 5.15. The lowest BCUT2D eigenvalue weighted by molar-refractivity contribution is 0.901. The van der Waals surface area contributed by atoms with Crippen LogP contribution >= 0.6 is 11.3 Å². The van der Waals surface area contributed by atoms with Crippen molar-refractivity contribution in [2.24, 2.45) is 10.7 Å². The van der Waals surface area contributed by atoms with E-state index in [2.05, 4.69) is 28.7 Å². The zero-order valence-corrected chi connectivity index (χ0v) is 8.82. The highest BCUT2D eigenvalue weighted by atomic mass is 32.1. The minimum absolute atomic E-state index is 0.496. The van der Waals surface area contributed by atoms with Crippen molar-refractivity contribution in [2.45, 2.75) is 19.9 Å². The second kappa shape index (κ2) is 4.87. The average molecular weight is 197 g/mol. The minimum atomic E-state index is 0.496. The van der Waals surface area contributed by atoms with Gasteiger partial charge in [-0.25, -0.2) is 0 Å². The predicted molar refractivity (Wildman–Crippen MR) is 58.1 cm³/mol. The van der Waals surface area contributed by atoms with E-state index in [1.165, 1.54) is 10.4 Å². The number of hydrogen-bond donors (Lipinski definition) is 2. The molecule has 0 bridgehead atoms. The lowest BCUT2D eigenvalue weighted by Gasteiger charge is -2.04. The van der Waals surface area contributed by atoms with Gasteiger partial charge < -0.3 is 11.1 Å². The molecule has 1 rings (SSSR count). The van der Waals surface area contributed by atoms with E-state index in [0.29, 0.717) is 5.96 Å². The molecule has 0 amide bonds. The number of aliphatic imine (C=N–C) groups is 1. The Morgan fingerprint density at radius 2 is 2.46 bits per heavy atom. The summed E-state index contributed by atoms with van der Waals surface area (Å²) in [4.78, 5) is 5.17. The molecule has 0 unspecified atom stereocenters. The Balaban J connectivity index is 2.54. The van der Waals surface area contributed by atoms with Crippen LogP contribution in [0, 0.1) is 0 Å². The molecule has 0 radical (unpaired) electrons. The molecular weight excluding hydrogens is 182 g/mol. The molecule has 0 aliphatic heterocycles. The Labute approximate surface area is 82.7 Å². The van der Waals surface area contributed by atoms with Gasteiger partial charge in [-0.15, -0.1) is 11.3 Å². The molecule has 1 heterocycles. The summed E-state index contributed by atoms with van der Waals surface area (Å²) in [6, 6.07) is 2.15. The molecule has 1 aromatic heterocycles. The van der Waals surface area contributed by atoms with Crippen LogP contribution in [0.25, 0.3) is 0 Å². The number of hydrogen-bond acceptors (Lipinski definition) is 2. The second-order valence-electron chi connectivity index (χ2n) is 2.68. The van der Waals surface area contributed by atoms with Crippen molar-refractivity contribution >= 4 is 17.3 Å². The maximum Gasteiger partial charge on any atom is 0.188 e. The van der Waals surface area contributed by atoms with Gasteiger partial charge in [0.25, 0.3) is 0 Å². The largest absolute Gasteiger partial charge is 0.370 e. The Kier molecular flexibility index (Phi) is 3.76. The highest BCUT2D eigenvalue weighted by Gasteiger charge is 2.01. The first-order valence-electron chi connectivity index (χ1n) is 4.29. The van der Waals surface area contributed by atoms with Crippen LogP contribution < -0.4 is 11.1 Å². The number of thiophene rings is 1. The maximum absolute atomic E-state index is 5.52. The van der Waals surface area contributed by atoms with Crippen molar-refractivity contribution in [1.82, 2.24) is 5.32 Å². The van der Waals surface area contributed by atoms with Gasteiger partial charge in [0.1, 0.15) is 0 Å². The standard InChI is InChI=1S/C9H15N3S/c1-3-7-4-5-13-8(7)6-12-9(10)11-2/h4-5H,3,6H2,1-2H3,(H3,10,11,12). The SMILES string of the molecule is CCc1ccsc1CNC(N)=NC. The van der Waals surface area contributed by atoms with E-state index in [-0.39, 0.29) is 0 Å². The van der Waals surface area contributed by atoms with Gasteiger partial charge in [0, 0.05) is 11.9 Å². The van der Waals surface area contributed by atoms with E-state index in [0.717, 1.165) is 13.0 Å². The molecule has 3 N–H and O–H groups in total. The molecule has 0 saturated carbocycles. The first kappa shape index (κ1) is 10.1. The highest BCUT2D eigenvalue weighted by molar-refractivity contribution is 7.10. The van der Waals surface area contributed by atoms with Crippen molar-refractivity contribution in [1.29, 1.82) is 0 Å². The Morgan fingerprint density at radius 3 is 3.08 bits per heavy atom. The van der Waals surface area contributed by atoms with E-state index < -0.39 is 0 Å². The number of guanidine groups is 1. The van der Waals surface area contributed by atoms with Crippen LogP contribution in [0.4, 0.5) is 0 Å². The number of nitrogens with zero attached hydrogens (tertiary/aromatic N) is 1. The summed E-state index contributed by atoms with van der Waals surface area (Å²) in [6.07, 6.45) is 1.07. The number of aryl methyl sites for hydroxylation is 1. The predicted octanol–water partition coefficient (Wildman–Crippen LogP) is 1.34. The summed E-state index contributed by atoms with van der Waals surface area (Å²) in [6.45, 7) is 2.94. The number of nitrogens with one attached hydrogen (secondary N) is 1. The zero-order chi connectivity index (χ0) is 9.68. The molecule has 13 heavy (non-hydrogen) atoms. The average Bonchev–Trinajstić information content (AvgIpc) is 2.61. The van der Waals surface area contributed by atoms with E-state index in [9.17, 15) is 0 Å². The van der Waals surface area contributed by atoms with Crippen LogP contribution in [0.1, 0.15) is 17.4 Å². The molecule has 1 aromatic rings. The van der Waals surface area contributed by atoms with Crippen LogP contribution in [0.2, 0.25) is 0 Å². The number of rotatable bonds is 3. The van der Waals surface area contributed by atoms with Gasteiger partial charge in [0.15, 0.2) is 5.96 Å². The third-order valence-corrected chi connectivity index (χ3v) is 2.85. The molecule has 0 saturated heterocycles. The smallest absolute Gasteiger partial charge is 0.188 e. The van der Waals surface area contributed by atoms with Gasteiger partial charge in [-0.3, -0.25) is 4.99 Å². The third kappa shape index (κ3) is 2.73. The van der Waals surface area contributed by atoms with Crippen molar-refractivity contribution < 1.29 is 0 Å². The maximum atomic E-state index is 5.52. The van der Waals surface area contributed by atoms with Crippen LogP contribution in [0.15, 0.2) is 16.4 Å². The van der Waals surface area contributed by atoms with E-state index >= 15 is 0 Å². The Hall–Kier alpha value is -1.03. The van der Waals surface area contributed by atoms with Crippen molar-refractivity contribution in [3.05, 3.63) is 21.9 Å². The molecule has 4 heteroatoms. The van der Waals surface area contributed by atoms with Crippen LogP contribution in [0.5, 0.6) is 0 Å². The summed E-state index contributed by atoms with van der Waals surface area (Å²) >= 11 is 1.75. The molecule has 72 valence electrons. The summed E-state index contributed by atoms with van der Waals surface area (Å²) < 4.78 is 0. The van der Waals surface area contributed by atoms with Crippen molar-refractivity contribution in [2.75, 3.05) is 7.05 Å². The highest BCUT2D eigenvalue weighted by Crippen LogP contribution is 2.16. The van der Waals surface area contributed by atoms with E-state index in [1.807, 2.05) is 0 Å². The molecule has 0 aliphatic rings. The fourth-order valence-corrected chi connectivity index (χ4v) is 2.00. The van der Waals surface area contributed by atoms with Crippen molar-refractivity contribution in [3.63, 3.8) is 0 Å². The van der Waals surface area contributed by atoms with Gasteiger partial charge >= 0.3 is 0 Å². The second-order valence-corrected chi connectivity index (χ2v) is 3.69. The van der Waals surface area contributed by atoms with E-state index in [1.54, 1.807) is 18.4 Å². The molecule has 0 aliphatic carbocycles. The molecule has 0 spiro atoms. The minimum Gasteiger partial charge on any atom is -0.370 e. The normalized spacial score (nSPS) is 11.7. The summed E-state index contributed by atoms with van der Waals surface area (Å²) in [7, 11) is 1.68. The van der Waals surface area contributed by atoms with Gasteiger partial charge in [-0.1, -0.05) is 6.92 Å². The Bertz CT molecular complexity index is 291. The quantitative estimate of drug-likeness (QED) is 0.567. The first-order valence-corrected chi connectivity index (χ1v) is 5.17. The fraction of sp³-hybridized carbons (Fsp3) is 0.444. The van der Waals surface area contributed by atoms with Crippen LogP contribution in [-0.4, -0.2) is 13.0 Å². The van der Waals surface area contributed by atoms with E-state index in [4.69, 9.17) is 5.73 Å². The van der Waals surface area contributed by atoms with Gasteiger partial charge in [0.05, 0.1) is 6.54 Å². The molecule has 0 fully saturated rings. The van der Waals surface area contributed by atoms with Crippen molar-refractivity contribution in [3.8, 4) is 0 Å². The topological polar surface area (TPSA) is 50.4 Å². The van der Waals surface area contributed by atoms with Crippen LogP contribution in [0.3, 0.4) is 0 Å². The monoisotopic (exact) mass is 197 g/mol. The molecule has 0 atom stereocenters. The summed E-state index contributed by atoms with van der Waals surface area (Å²) in [5.74, 6) is 0.496. The third-order valence-electron chi connectivity index (χ3n) is 1.89. The zero-order valence-electron chi connectivity index (χ0n) is 8.00. The van der Waals surface area contributed by atoms with Crippen LogP contribution in [-0.2, 0) is 13.0 Å². The molecule has 3 nitrogen and oxygen atoms in total. The fourth-order valence-electron chi connectivity index (χ4n) is 1.09. The van der Waals surface area contributed by atoms with Gasteiger partial charge in [-0.05, 0) is 23.4 Å².